The van der Waals surface area contributed by atoms with Gasteiger partial charge >= 0.3 is 0 Å². The molecule has 1 amide bonds. The van der Waals surface area contributed by atoms with Crippen LogP contribution in [-0.4, -0.2) is 21.1 Å². The van der Waals surface area contributed by atoms with Gasteiger partial charge in [0.1, 0.15) is 0 Å². The van der Waals surface area contributed by atoms with Gasteiger partial charge in [-0.05, 0) is 25.1 Å². The third-order valence-corrected chi connectivity index (χ3v) is 3.16. The molecule has 0 radical (unpaired) electrons. The predicted molar refractivity (Wildman–Crippen MR) is 76.2 cm³/mol. The number of rotatable bonds is 3. The lowest BCUT2D eigenvalue weighted by Crippen LogP contribution is -2.27. The fourth-order valence-electron chi connectivity index (χ4n) is 2.11. The normalized spacial score (nSPS) is 12.2. The first kappa shape index (κ1) is 12.3. The third kappa shape index (κ3) is 2.25. The smallest absolute Gasteiger partial charge is 0.272 e. The number of nitrogens with one attached hydrogen (secondary N) is 2. The second kappa shape index (κ2) is 5.13. The van der Waals surface area contributed by atoms with E-state index < -0.39 is 0 Å². The van der Waals surface area contributed by atoms with Gasteiger partial charge in [-0.2, -0.15) is 5.10 Å². The topological polar surface area (TPSA) is 70.7 Å². The van der Waals surface area contributed by atoms with Crippen LogP contribution in [0.25, 0.3) is 10.9 Å². The van der Waals surface area contributed by atoms with Crippen LogP contribution in [0, 0.1) is 0 Å². The number of benzene rings is 1. The van der Waals surface area contributed by atoms with Gasteiger partial charge in [-0.3, -0.25) is 14.9 Å². The van der Waals surface area contributed by atoms with Crippen molar-refractivity contribution in [2.45, 2.75) is 13.0 Å². The minimum Gasteiger partial charge on any atom is -0.343 e. The summed E-state index contributed by atoms with van der Waals surface area (Å²) >= 11 is 0. The van der Waals surface area contributed by atoms with Crippen LogP contribution < -0.4 is 5.32 Å². The van der Waals surface area contributed by atoms with Crippen LogP contribution in [0.15, 0.2) is 48.7 Å². The van der Waals surface area contributed by atoms with Crippen molar-refractivity contribution in [1.29, 1.82) is 0 Å². The molecule has 0 aliphatic rings. The number of H-pyrrole nitrogens is 1. The molecule has 0 bridgehead atoms. The molecular weight excluding hydrogens is 252 g/mol. The first-order valence-electron chi connectivity index (χ1n) is 6.40. The van der Waals surface area contributed by atoms with Gasteiger partial charge in [-0.25, -0.2) is 0 Å². The quantitative estimate of drug-likeness (QED) is 0.765. The van der Waals surface area contributed by atoms with Crippen molar-refractivity contribution >= 4 is 16.8 Å². The molecule has 3 rings (SSSR count). The lowest BCUT2D eigenvalue weighted by Gasteiger charge is -2.12. The van der Waals surface area contributed by atoms with E-state index in [9.17, 15) is 4.79 Å². The van der Waals surface area contributed by atoms with Gasteiger partial charge < -0.3 is 5.32 Å². The summed E-state index contributed by atoms with van der Waals surface area (Å²) in [5.41, 5.74) is 2.08. The summed E-state index contributed by atoms with van der Waals surface area (Å²) in [4.78, 5) is 16.5. The Kier molecular flexibility index (Phi) is 3.16. The molecule has 0 unspecified atom stereocenters. The molecule has 0 saturated heterocycles. The number of aromatic amines is 1. The van der Waals surface area contributed by atoms with Crippen molar-refractivity contribution in [1.82, 2.24) is 20.5 Å². The summed E-state index contributed by atoms with van der Waals surface area (Å²) < 4.78 is 0. The van der Waals surface area contributed by atoms with Crippen molar-refractivity contribution in [3.63, 3.8) is 0 Å². The third-order valence-electron chi connectivity index (χ3n) is 3.16. The maximum absolute atomic E-state index is 12.3. The minimum absolute atomic E-state index is 0.167. The number of carbonyl (C=O) groups excluding carboxylic acids is 1. The second-order valence-corrected chi connectivity index (χ2v) is 4.57. The zero-order valence-corrected chi connectivity index (χ0v) is 11.0. The van der Waals surface area contributed by atoms with E-state index in [0.717, 1.165) is 16.6 Å². The number of nitrogens with zero attached hydrogens (tertiary/aromatic N) is 2. The van der Waals surface area contributed by atoms with Crippen molar-refractivity contribution in [2.24, 2.45) is 0 Å². The van der Waals surface area contributed by atoms with Gasteiger partial charge in [-0.15, -0.1) is 0 Å². The SMILES string of the molecule is C[C@H](NC(=O)c1n[nH]c2ccccc12)c1ccccn1. The molecule has 2 heterocycles. The number of amides is 1. The largest absolute Gasteiger partial charge is 0.343 e. The molecule has 2 aromatic heterocycles. The van der Waals surface area contributed by atoms with Crippen LogP contribution in [-0.2, 0) is 0 Å². The molecule has 3 aromatic rings. The van der Waals surface area contributed by atoms with Crippen LogP contribution in [0.4, 0.5) is 0 Å². The van der Waals surface area contributed by atoms with Crippen molar-refractivity contribution in [2.75, 3.05) is 0 Å². The fraction of sp³-hybridized carbons (Fsp3) is 0.133. The van der Waals surface area contributed by atoms with E-state index in [-0.39, 0.29) is 11.9 Å². The van der Waals surface area contributed by atoms with Crippen LogP contribution >= 0.6 is 0 Å². The highest BCUT2D eigenvalue weighted by Gasteiger charge is 2.16. The maximum atomic E-state index is 12.3. The maximum Gasteiger partial charge on any atom is 0.272 e. The molecule has 0 spiro atoms. The first-order valence-corrected chi connectivity index (χ1v) is 6.40. The molecule has 1 aromatic carbocycles. The Labute approximate surface area is 116 Å². The number of fused-ring (bicyclic) bond motifs is 1. The van der Waals surface area contributed by atoms with E-state index in [4.69, 9.17) is 0 Å². The number of hydrogen-bond donors (Lipinski definition) is 2. The van der Waals surface area contributed by atoms with Crippen molar-refractivity contribution < 1.29 is 4.79 Å². The van der Waals surface area contributed by atoms with Crippen molar-refractivity contribution in [3.8, 4) is 0 Å². The van der Waals surface area contributed by atoms with E-state index >= 15 is 0 Å². The Bertz CT molecular complexity index is 736. The van der Waals surface area contributed by atoms with Crippen LogP contribution in [0.1, 0.15) is 29.1 Å². The summed E-state index contributed by atoms with van der Waals surface area (Å²) in [7, 11) is 0. The number of aromatic nitrogens is 3. The van der Waals surface area contributed by atoms with E-state index in [1.165, 1.54) is 0 Å². The van der Waals surface area contributed by atoms with Crippen LogP contribution in [0.2, 0.25) is 0 Å². The minimum atomic E-state index is -0.208. The van der Waals surface area contributed by atoms with Gasteiger partial charge in [-0.1, -0.05) is 24.3 Å². The molecule has 5 nitrogen and oxygen atoms in total. The van der Waals surface area contributed by atoms with Crippen LogP contribution in [0.3, 0.4) is 0 Å². The van der Waals surface area contributed by atoms with E-state index in [1.807, 2.05) is 49.4 Å². The van der Waals surface area contributed by atoms with Gasteiger partial charge in [0, 0.05) is 11.6 Å². The predicted octanol–water partition coefficient (Wildman–Crippen LogP) is 2.45. The Morgan fingerprint density at radius 3 is 2.80 bits per heavy atom. The average Bonchev–Trinajstić information content (AvgIpc) is 2.92. The lowest BCUT2D eigenvalue weighted by molar-refractivity contribution is 0.0935. The molecule has 1 atom stereocenters. The molecule has 0 aliphatic carbocycles. The summed E-state index contributed by atoms with van der Waals surface area (Å²) in [5, 5.41) is 10.7. The van der Waals surface area contributed by atoms with E-state index in [0.29, 0.717) is 5.69 Å². The summed E-state index contributed by atoms with van der Waals surface area (Å²) in [6.45, 7) is 1.90. The summed E-state index contributed by atoms with van der Waals surface area (Å²) in [6, 6.07) is 13.0. The zero-order chi connectivity index (χ0) is 13.9. The van der Waals surface area contributed by atoms with Gasteiger partial charge in [0.15, 0.2) is 5.69 Å². The van der Waals surface area contributed by atoms with Gasteiger partial charge in [0.05, 0.1) is 17.3 Å². The molecule has 100 valence electrons. The molecule has 20 heavy (non-hydrogen) atoms. The van der Waals surface area contributed by atoms with Crippen LogP contribution in [0.5, 0.6) is 0 Å². The van der Waals surface area contributed by atoms with Crippen molar-refractivity contribution in [3.05, 3.63) is 60.0 Å². The fourth-order valence-corrected chi connectivity index (χ4v) is 2.11. The second-order valence-electron chi connectivity index (χ2n) is 4.57. The highest BCUT2D eigenvalue weighted by Crippen LogP contribution is 2.16. The highest BCUT2D eigenvalue weighted by molar-refractivity contribution is 6.04. The number of hydrogen-bond acceptors (Lipinski definition) is 3. The molecule has 0 fully saturated rings. The Hall–Kier alpha value is -2.69. The number of carbonyl (C=O) groups is 1. The zero-order valence-electron chi connectivity index (χ0n) is 11.0. The monoisotopic (exact) mass is 266 g/mol. The molecule has 2 N–H and O–H groups in total. The highest BCUT2D eigenvalue weighted by atomic mass is 16.2. The Balaban J connectivity index is 1.83. The van der Waals surface area contributed by atoms with Gasteiger partial charge in [0.2, 0.25) is 0 Å². The first-order chi connectivity index (χ1) is 9.75. The standard InChI is InChI=1S/C15H14N4O/c1-10(12-7-4-5-9-16-12)17-15(20)14-11-6-2-3-8-13(11)18-19-14/h2-10H,1H3,(H,17,20)(H,18,19)/t10-/m0/s1. The summed E-state index contributed by atoms with van der Waals surface area (Å²) in [6.07, 6.45) is 1.71. The Morgan fingerprint density at radius 2 is 2.00 bits per heavy atom. The molecule has 0 saturated carbocycles. The van der Waals surface area contributed by atoms with E-state index in [2.05, 4.69) is 20.5 Å². The average molecular weight is 266 g/mol. The summed E-state index contributed by atoms with van der Waals surface area (Å²) in [5.74, 6) is -0.208. The number of pyridine rings is 1. The van der Waals surface area contributed by atoms with Gasteiger partial charge in [0.25, 0.3) is 5.91 Å². The Morgan fingerprint density at radius 1 is 1.20 bits per heavy atom. The molecular formula is C15H14N4O. The molecule has 5 heteroatoms. The van der Waals surface area contributed by atoms with E-state index in [1.54, 1.807) is 6.20 Å². The number of para-hydroxylation sites is 1. The molecule has 0 aliphatic heterocycles. The lowest BCUT2D eigenvalue weighted by atomic mass is 10.1.